The van der Waals surface area contributed by atoms with Gasteiger partial charge in [-0.2, -0.15) is 0 Å². The van der Waals surface area contributed by atoms with Gasteiger partial charge in [0.1, 0.15) is 6.29 Å². The Kier molecular flexibility index (Phi) is 5.02. The molecule has 0 aromatic heterocycles. The first-order valence-corrected chi connectivity index (χ1v) is 6.37. The zero-order valence-corrected chi connectivity index (χ0v) is 12.1. The molecule has 1 aromatic rings. The van der Waals surface area contributed by atoms with Crippen LogP contribution in [-0.2, 0) is 11.2 Å². The van der Waals surface area contributed by atoms with Crippen molar-refractivity contribution in [3.8, 4) is 0 Å². The summed E-state index contributed by atoms with van der Waals surface area (Å²) in [5.74, 6) is 0. The predicted molar refractivity (Wildman–Crippen MR) is 76.3 cm³/mol. The number of amides is 1. The highest BCUT2D eigenvalue weighted by atomic mass is 16.6. The SMILES string of the molecule is CC(C)(C)N(C(=O)O)[C@H](C=O)Cc1ccc([N+](=O)[O-])cc1. The molecule has 1 aromatic carbocycles. The number of nitro benzene ring substituents is 1. The smallest absolute Gasteiger partial charge is 0.408 e. The minimum absolute atomic E-state index is 0.0488. The van der Waals surface area contributed by atoms with Crippen molar-refractivity contribution in [3.05, 3.63) is 39.9 Å². The van der Waals surface area contributed by atoms with E-state index in [9.17, 15) is 24.8 Å². The van der Waals surface area contributed by atoms with Gasteiger partial charge in [-0.1, -0.05) is 12.1 Å². The van der Waals surface area contributed by atoms with Gasteiger partial charge >= 0.3 is 6.09 Å². The van der Waals surface area contributed by atoms with Crippen LogP contribution in [-0.4, -0.2) is 38.9 Å². The van der Waals surface area contributed by atoms with E-state index in [1.807, 2.05) is 0 Å². The van der Waals surface area contributed by atoms with Gasteiger partial charge in [0, 0.05) is 17.7 Å². The van der Waals surface area contributed by atoms with Gasteiger partial charge in [-0.15, -0.1) is 0 Å². The number of non-ortho nitro benzene ring substituents is 1. The standard InChI is InChI=1S/C14H18N2O5/c1-14(2,3)15(13(18)19)12(9-17)8-10-4-6-11(7-5-10)16(20)21/h4-7,9,12H,8H2,1-3H3,(H,18,19)/t12-/m0/s1. The van der Waals surface area contributed by atoms with E-state index in [-0.39, 0.29) is 12.1 Å². The summed E-state index contributed by atoms with van der Waals surface area (Å²) in [6.45, 7) is 5.11. The number of rotatable bonds is 5. The Morgan fingerprint density at radius 3 is 2.24 bits per heavy atom. The lowest BCUT2D eigenvalue weighted by atomic mass is 9.99. The molecule has 0 bridgehead atoms. The number of hydrogen-bond donors (Lipinski definition) is 1. The number of carboxylic acid groups (broad SMARTS) is 1. The number of carbonyl (C=O) groups is 2. The second-order valence-electron chi connectivity index (χ2n) is 5.65. The summed E-state index contributed by atoms with van der Waals surface area (Å²) in [6, 6.07) is 4.87. The van der Waals surface area contributed by atoms with Crippen molar-refractivity contribution in [1.82, 2.24) is 4.90 Å². The van der Waals surface area contributed by atoms with Gasteiger partial charge in [0.05, 0.1) is 11.0 Å². The fourth-order valence-corrected chi connectivity index (χ4v) is 2.12. The van der Waals surface area contributed by atoms with Crippen molar-refractivity contribution < 1.29 is 19.6 Å². The molecule has 1 atom stereocenters. The lowest BCUT2D eigenvalue weighted by Crippen LogP contribution is -2.52. The molecule has 0 fully saturated rings. The van der Waals surface area contributed by atoms with Gasteiger partial charge in [0.15, 0.2) is 0 Å². The maximum atomic E-state index is 11.4. The van der Waals surface area contributed by atoms with E-state index < -0.39 is 22.6 Å². The van der Waals surface area contributed by atoms with Crippen LogP contribution in [0.1, 0.15) is 26.3 Å². The second kappa shape index (κ2) is 6.34. The number of nitrogens with zero attached hydrogens (tertiary/aromatic N) is 2. The molecule has 0 saturated carbocycles. The van der Waals surface area contributed by atoms with E-state index in [1.54, 1.807) is 20.8 Å². The van der Waals surface area contributed by atoms with E-state index in [4.69, 9.17) is 0 Å². The van der Waals surface area contributed by atoms with Crippen molar-refractivity contribution in [2.75, 3.05) is 0 Å². The molecule has 0 heterocycles. The van der Waals surface area contributed by atoms with Crippen LogP contribution < -0.4 is 0 Å². The number of benzene rings is 1. The molecular formula is C14H18N2O5. The summed E-state index contributed by atoms with van der Waals surface area (Å²) in [7, 11) is 0. The Labute approximate surface area is 122 Å². The zero-order valence-electron chi connectivity index (χ0n) is 12.1. The zero-order chi connectivity index (χ0) is 16.2. The molecule has 0 aliphatic heterocycles. The first-order valence-electron chi connectivity index (χ1n) is 6.37. The van der Waals surface area contributed by atoms with Gasteiger partial charge in [-0.3, -0.25) is 15.0 Å². The molecule has 0 saturated heterocycles. The third kappa shape index (κ3) is 4.27. The second-order valence-corrected chi connectivity index (χ2v) is 5.65. The first kappa shape index (κ1) is 16.6. The molecule has 7 nitrogen and oxygen atoms in total. The molecule has 21 heavy (non-hydrogen) atoms. The molecule has 1 amide bonds. The van der Waals surface area contributed by atoms with Crippen LogP contribution >= 0.6 is 0 Å². The Morgan fingerprint density at radius 1 is 1.38 bits per heavy atom. The molecule has 1 rings (SSSR count). The van der Waals surface area contributed by atoms with E-state index in [0.717, 1.165) is 4.90 Å². The third-order valence-corrected chi connectivity index (χ3v) is 3.01. The molecule has 0 aliphatic rings. The molecule has 1 N–H and O–H groups in total. The summed E-state index contributed by atoms with van der Waals surface area (Å²) in [5.41, 5.74) is -0.112. The van der Waals surface area contributed by atoms with Gasteiger partial charge in [0.25, 0.3) is 5.69 Å². The summed E-state index contributed by atoms with van der Waals surface area (Å²) < 4.78 is 0. The highest BCUT2D eigenvalue weighted by molar-refractivity contribution is 5.73. The average Bonchev–Trinajstić information content (AvgIpc) is 2.36. The summed E-state index contributed by atoms with van der Waals surface area (Å²) in [6.07, 6.45) is -0.423. The molecule has 7 heteroatoms. The Hall–Kier alpha value is -2.44. The summed E-state index contributed by atoms with van der Waals surface area (Å²) >= 11 is 0. The molecule has 0 radical (unpaired) electrons. The quantitative estimate of drug-likeness (QED) is 0.510. The molecule has 0 unspecified atom stereocenters. The maximum Gasteiger partial charge on any atom is 0.408 e. The Balaban J connectivity index is 2.98. The van der Waals surface area contributed by atoms with Crippen LogP contribution in [0.2, 0.25) is 0 Å². The fraction of sp³-hybridized carbons (Fsp3) is 0.429. The largest absolute Gasteiger partial charge is 0.465 e. The maximum absolute atomic E-state index is 11.4. The Bertz CT molecular complexity index is 533. The Morgan fingerprint density at radius 2 is 1.90 bits per heavy atom. The highest BCUT2D eigenvalue weighted by Gasteiger charge is 2.33. The van der Waals surface area contributed by atoms with Crippen LogP contribution in [0.25, 0.3) is 0 Å². The monoisotopic (exact) mass is 294 g/mol. The van der Waals surface area contributed by atoms with Crippen LogP contribution in [0.5, 0.6) is 0 Å². The van der Waals surface area contributed by atoms with Crippen molar-refractivity contribution in [2.24, 2.45) is 0 Å². The fourth-order valence-electron chi connectivity index (χ4n) is 2.12. The minimum atomic E-state index is -1.18. The average molecular weight is 294 g/mol. The van der Waals surface area contributed by atoms with E-state index in [2.05, 4.69) is 0 Å². The first-order chi connectivity index (χ1) is 9.66. The topological polar surface area (TPSA) is 101 Å². The minimum Gasteiger partial charge on any atom is -0.465 e. The van der Waals surface area contributed by atoms with E-state index >= 15 is 0 Å². The van der Waals surface area contributed by atoms with Crippen molar-refractivity contribution in [3.63, 3.8) is 0 Å². The summed E-state index contributed by atoms with van der Waals surface area (Å²) in [5, 5.41) is 19.9. The van der Waals surface area contributed by atoms with Crippen molar-refractivity contribution in [2.45, 2.75) is 38.8 Å². The van der Waals surface area contributed by atoms with E-state index in [0.29, 0.717) is 11.8 Å². The van der Waals surface area contributed by atoms with Gasteiger partial charge in [-0.25, -0.2) is 4.79 Å². The lowest BCUT2D eigenvalue weighted by molar-refractivity contribution is -0.384. The highest BCUT2D eigenvalue weighted by Crippen LogP contribution is 2.20. The van der Waals surface area contributed by atoms with Gasteiger partial charge in [0.2, 0.25) is 0 Å². The van der Waals surface area contributed by atoms with Crippen molar-refractivity contribution >= 4 is 18.1 Å². The predicted octanol–water partition coefficient (Wildman–Crippen LogP) is 2.48. The van der Waals surface area contributed by atoms with Crippen LogP contribution in [0.3, 0.4) is 0 Å². The number of carbonyl (C=O) groups excluding carboxylic acids is 1. The normalized spacial score (nSPS) is 12.5. The number of aldehydes is 1. The van der Waals surface area contributed by atoms with Crippen LogP contribution in [0.4, 0.5) is 10.5 Å². The van der Waals surface area contributed by atoms with Crippen LogP contribution in [0, 0.1) is 10.1 Å². The van der Waals surface area contributed by atoms with Crippen LogP contribution in [0.15, 0.2) is 24.3 Å². The van der Waals surface area contributed by atoms with E-state index in [1.165, 1.54) is 24.3 Å². The molecular weight excluding hydrogens is 276 g/mol. The molecule has 114 valence electrons. The lowest BCUT2D eigenvalue weighted by Gasteiger charge is -2.37. The third-order valence-electron chi connectivity index (χ3n) is 3.01. The molecule has 0 aliphatic carbocycles. The number of hydrogen-bond acceptors (Lipinski definition) is 4. The van der Waals surface area contributed by atoms with Gasteiger partial charge < -0.3 is 9.90 Å². The van der Waals surface area contributed by atoms with Gasteiger partial charge in [-0.05, 0) is 32.8 Å². The number of nitro groups is 1. The molecule has 0 spiro atoms. The van der Waals surface area contributed by atoms with Crippen molar-refractivity contribution in [1.29, 1.82) is 0 Å². The summed E-state index contributed by atoms with van der Waals surface area (Å²) in [4.78, 5) is 33.8.